The Hall–Kier alpha value is -0.570. The van der Waals surface area contributed by atoms with E-state index < -0.39 is 0 Å². The third-order valence-electron chi connectivity index (χ3n) is 4.27. The van der Waals surface area contributed by atoms with Gasteiger partial charge in [0, 0.05) is 31.0 Å². The van der Waals surface area contributed by atoms with Crippen molar-refractivity contribution in [2.45, 2.75) is 46.1 Å². The molecule has 3 heteroatoms. The molecule has 0 unspecified atom stereocenters. The van der Waals surface area contributed by atoms with Crippen LogP contribution >= 0.6 is 0 Å². The quantitative estimate of drug-likeness (QED) is 0.625. The summed E-state index contributed by atoms with van der Waals surface area (Å²) < 4.78 is 0. The number of rotatable bonds is 0. The van der Waals surface area contributed by atoms with Crippen LogP contribution < -0.4 is 0 Å². The van der Waals surface area contributed by atoms with Crippen molar-refractivity contribution < 1.29 is 4.79 Å². The smallest absolute Gasteiger partial charge is 0.219 e. The maximum absolute atomic E-state index is 11.2. The molecule has 0 atom stereocenters. The molecule has 16 heavy (non-hydrogen) atoms. The van der Waals surface area contributed by atoms with Gasteiger partial charge < -0.3 is 4.90 Å². The summed E-state index contributed by atoms with van der Waals surface area (Å²) in [6.07, 6.45) is 2.52. The number of carbonyl (C=O) groups excluding carboxylic acids is 1. The molecule has 0 saturated carbocycles. The summed E-state index contributed by atoms with van der Waals surface area (Å²) in [7, 11) is 0. The molecule has 0 N–H and O–H groups in total. The highest BCUT2D eigenvalue weighted by atomic mass is 16.2. The van der Waals surface area contributed by atoms with Crippen LogP contribution in [0.5, 0.6) is 0 Å². The fraction of sp³-hybridized carbons (Fsp3) is 0.923. The number of carbonyl (C=O) groups is 1. The molecule has 2 fully saturated rings. The summed E-state index contributed by atoms with van der Waals surface area (Å²) in [5.41, 5.74) is 0.763. The second-order valence-corrected chi connectivity index (χ2v) is 6.53. The molecule has 0 aromatic heterocycles. The Morgan fingerprint density at radius 3 is 2.00 bits per heavy atom. The van der Waals surface area contributed by atoms with Crippen molar-refractivity contribution in [1.29, 1.82) is 0 Å². The van der Waals surface area contributed by atoms with Crippen LogP contribution in [-0.2, 0) is 4.79 Å². The molecule has 0 radical (unpaired) electrons. The van der Waals surface area contributed by atoms with Crippen LogP contribution in [0.4, 0.5) is 0 Å². The van der Waals surface area contributed by atoms with Crippen molar-refractivity contribution in [2.24, 2.45) is 5.41 Å². The molecule has 2 heterocycles. The Morgan fingerprint density at radius 2 is 1.62 bits per heavy atom. The van der Waals surface area contributed by atoms with Crippen LogP contribution in [0.25, 0.3) is 0 Å². The molecule has 1 spiro atoms. The Balaban J connectivity index is 1.85. The van der Waals surface area contributed by atoms with Gasteiger partial charge in [-0.1, -0.05) is 0 Å². The lowest BCUT2D eigenvalue weighted by molar-refractivity contribution is -0.145. The van der Waals surface area contributed by atoms with E-state index in [4.69, 9.17) is 0 Å². The zero-order chi connectivity index (χ0) is 12.0. The standard InChI is InChI=1S/C13H24N2O/c1-11(16)14-9-13(10-14)5-7-15(8-6-13)12(2,3)4/h5-10H2,1-4H3. The van der Waals surface area contributed by atoms with E-state index in [0.29, 0.717) is 11.0 Å². The minimum absolute atomic E-state index is 0.240. The van der Waals surface area contributed by atoms with Gasteiger partial charge in [0.2, 0.25) is 5.91 Å². The first-order valence-electron chi connectivity index (χ1n) is 6.33. The number of nitrogens with zero attached hydrogens (tertiary/aromatic N) is 2. The van der Waals surface area contributed by atoms with E-state index in [1.54, 1.807) is 6.92 Å². The normalized spacial score (nSPS) is 25.6. The van der Waals surface area contributed by atoms with Crippen molar-refractivity contribution >= 4 is 5.91 Å². The van der Waals surface area contributed by atoms with Crippen molar-refractivity contribution in [3.63, 3.8) is 0 Å². The molecule has 1 amide bonds. The zero-order valence-electron chi connectivity index (χ0n) is 11.0. The minimum Gasteiger partial charge on any atom is -0.342 e. The van der Waals surface area contributed by atoms with Crippen molar-refractivity contribution in [2.75, 3.05) is 26.2 Å². The second kappa shape index (κ2) is 3.73. The third-order valence-corrected chi connectivity index (χ3v) is 4.27. The Morgan fingerprint density at radius 1 is 1.12 bits per heavy atom. The van der Waals surface area contributed by atoms with E-state index in [-0.39, 0.29) is 5.91 Å². The van der Waals surface area contributed by atoms with Gasteiger partial charge in [0.25, 0.3) is 0 Å². The van der Waals surface area contributed by atoms with Gasteiger partial charge >= 0.3 is 0 Å². The van der Waals surface area contributed by atoms with Crippen LogP contribution in [0.3, 0.4) is 0 Å². The van der Waals surface area contributed by atoms with Gasteiger partial charge in [-0.15, -0.1) is 0 Å². The predicted molar refractivity (Wildman–Crippen MR) is 65.2 cm³/mol. The molecule has 2 aliphatic rings. The van der Waals surface area contributed by atoms with Gasteiger partial charge in [0.1, 0.15) is 0 Å². The van der Waals surface area contributed by atoms with Crippen LogP contribution in [-0.4, -0.2) is 47.4 Å². The van der Waals surface area contributed by atoms with Crippen molar-refractivity contribution in [3.05, 3.63) is 0 Å². The summed E-state index contributed by atoms with van der Waals surface area (Å²) in [6, 6.07) is 0. The first kappa shape index (κ1) is 11.9. The highest BCUT2D eigenvalue weighted by Crippen LogP contribution is 2.41. The van der Waals surface area contributed by atoms with E-state index in [0.717, 1.165) is 13.1 Å². The Labute approximate surface area is 98.8 Å². The van der Waals surface area contributed by atoms with Crippen molar-refractivity contribution in [3.8, 4) is 0 Å². The number of piperidine rings is 1. The van der Waals surface area contributed by atoms with Gasteiger partial charge in [0.15, 0.2) is 0 Å². The molecule has 0 aromatic carbocycles. The van der Waals surface area contributed by atoms with Gasteiger partial charge in [0.05, 0.1) is 0 Å². The average molecular weight is 224 g/mol. The molecule has 2 saturated heterocycles. The highest BCUT2D eigenvalue weighted by molar-refractivity contribution is 5.74. The summed E-state index contributed by atoms with van der Waals surface area (Å²) in [5.74, 6) is 0.240. The van der Waals surface area contributed by atoms with Crippen LogP contribution in [0.1, 0.15) is 40.5 Å². The summed E-state index contributed by atoms with van der Waals surface area (Å²) in [5, 5.41) is 0. The topological polar surface area (TPSA) is 23.6 Å². The molecule has 2 rings (SSSR count). The summed E-state index contributed by atoms with van der Waals surface area (Å²) in [6.45, 7) is 12.9. The first-order chi connectivity index (χ1) is 7.32. The summed E-state index contributed by atoms with van der Waals surface area (Å²) >= 11 is 0. The molecule has 92 valence electrons. The van der Waals surface area contributed by atoms with E-state index >= 15 is 0 Å². The van der Waals surface area contributed by atoms with Crippen LogP contribution in [0.2, 0.25) is 0 Å². The van der Waals surface area contributed by atoms with Gasteiger partial charge in [-0.25, -0.2) is 0 Å². The van der Waals surface area contributed by atoms with Gasteiger partial charge in [-0.3, -0.25) is 9.69 Å². The molecule has 0 bridgehead atoms. The fourth-order valence-electron chi connectivity index (χ4n) is 2.95. The fourth-order valence-corrected chi connectivity index (χ4v) is 2.95. The highest BCUT2D eigenvalue weighted by Gasteiger charge is 2.46. The Kier molecular flexibility index (Phi) is 2.77. The second-order valence-electron chi connectivity index (χ2n) is 6.53. The number of amides is 1. The first-order valence-corrected chi connectivity index (χ1v) is 6.33. The SMILES string of the molecule is CC(=O)N1CC2(CCN(C(C)(C)C)CC2)C1. The maximum atomic E-state index is 11.2. The van der Waals surface area contributed by atoms with Crippen LogP contribution in [0, 0.1) is 5.41 Å². The van der Waals surface area contributed by atoms with Crippen LogP contribution in [0.15, 0.2) is 0 Å². The molecular formula is C13H24N2O. The molecule has 0 aliphatic carbocycles. The lowest BCUT2D eigenvalue weighted by Crippen LogP contribution is -2.62. The molecular weight excluding hydrogens is 200 g/mol. The molecule has 0 aromatic rings. The number of hydrogen-bond donors (Lipinski definition) is 0. The zero-order valence-corrected chi connectivity index (χ0v) is 11.0. The minimum atomic E-state index is 0.240. The van der Waals surface area contributed by atoms with Crippen molar-refractivity contribution in [1.82, 2.24) is 9.80 Å². The number of likely N-dealkylation sites (tertiary alicyclic amines) is 2. The van der Waals surface area contributed by atoms with Gasteiger partial charge in [-0.05, 0) is 46.7 Å². The maximum Gasteiger partial charge on any atom is 0.219 e. The average Bonchev–Trinajstić information content (AvgIpc) is 2.12. The van der Waals surface area contributed by atoms with E-state index in [1.165, 1.54) is 25.9 Å². The Bertz CT molecular complexity index is 277. The largest absolute Gasteiger partial charge is 0.342 e. The van der Waals surface area contributed by atoms with Gasteiger partial charge in [-0.2, -0.15) is 0 Å². The van der Waals surface area contributed by atoms with E-state index in [1.807, 2.05) is 4.90 Å². The van der Waals surface area contributed by atoms with E-state index in [9.17, 15) is 4.79 Å². The summed E-state index contributed by atoms with van der Waals surface area (Å²) in [4.78, 5) is 15.7. The third kappa shape index (κ3) is 2.10. The molecule has 3 nitrogen and oxygen atoms in total. The monoisotopic (exact) mass is 224 g/mol. The van der Waals surface area contributed by atoms with E-state index in [2.05, 4.69) is 25.7 Å². The lowest BCUT2D eigenvalue weighted by atomic mass is 9.71. The predicted octanol–water partition coefficient (Wildman–Crippen LogP) is 1.73. The lowest BCUT2D eigenvalue weighted by Gasteiger charge is -2.55. The molecule has 2 aliphatic heterocycles. The number of hydrogen-bond acceptors (Lipinski definition) is 2.